The maximum Gasteiger partial charge on any atom is 0.0318 e. The molecule has 3 nitrogen and oxygen atoms in total. The van der Waals surface area contributed by atoms with Gasteiger partial charge in [0.05, 0.1) is 0 Å². The van der Waals surface area contributed by atoms with Crippen molar-refractivity contribution in [3.63, 3.8) is 0 Å². The molecule has 2 aliphatic rings. The molecule has 0 bridgehead atoms. The van der Waals surface area contributed by atoms with Gasteiger partial charge in [-0.3, -0.25) is 0 Å². The number of piperidine rings is 1. The summed E-state index contributed by atoms with van der Waals surface area (Å²) < 4.78 is 2.59. The lowest BCUT2D eigenvalue weighted by Crippen LogP contribution is -2.34. The fraction of sp³-hybridized carbons (Fsp3) is 0.778. The summed E-state index contributed by atoms with van der Waals surface area (Å²) in [6, 6.07) is 2.57. The maximum atomic E-state index is 6.44. The van der Waals surface area contributed by atoms with Gasteiger partial charge in [0.25, 0.3) is 0 Å². The molecule has 1 aliphatic carbocycles. The van der Waals surface area contributed by atoms with Gasteiger partial charge in [0.2, 0.25) is 0 Å². The van der Waals surface area contributed by atoms with Crippen LogP contribution in [-0.2, 0) is 13.0 Å². The lowest BCUT2D eigenvalue weighted by Gasteiger charge is -2.36. The normalized spacial score (nSPS) is 26.8. The first-order valence-corrected chi connectivity index (χ1v) is 8.49. The average Bonchev–Trinajstić information content (AvgIpc) is 2.69. The van der Waals surface area contributed by atoms with Crippen molar-refractivity contribution >= 4 is 0 Å². The first-order valence-electron chi connectivity index (χ1n) is 8.49. The van der Waals surface area contributed by atoms with Gasteiger partial charge in [-0.1, -0.05) is 13.8 Å². The molecule has 0 amide bonds. The number of likely N-dealkylation sites (tertiary alicyclic amines) is 1. The summed E-state index contributed by atoms with van der Waals surface area (Å²) in [4.78, 5) is 2.45. The largest absolute Gasteiger partial charge is 0.348 e. The topological polar surface area (TPSA) is 34.2 Å². The van der Waals surface area contributed by atoms with Crippen LogP contribution in [0.25, 0.3) is 0 Å². The quantitative estimate of drug-likeness (QED) is 0.907. The second-order valence-electron chi connectivity index (χ2n) is 8.20. The van der Waals surface area contributed by atoms with Crippen LogP contribution in [0.3, 0.4) is 0 Å². The van der Waals surface area contributed by atoms with E-state index in [1.807, 2.05) is 0 Å². The van der Waals surface area contributed by atoms with Crippen LogP contribution >= 0.6 is 0 Å². The average molecular weight is 289 g/mol. The second kappa shape index (κ2) is 5.44. The minimum atomic E-state index is 0.223. The van der Waals surface area contributed by atoms with Crippen molar-refractivity contribution in [1.82, 2.24) is 9.47 Å². The summed E-state index contributed by atoms with van der Waals surface area (Å²) in [5.74, 6) is 0.831. The number of hydrogen-bond acceptors (Lipinski definition) is 2. The van der Waals surface area contributed by atoms with E-state index in [1.54, 1.807) is 0 Å². The zero-order chi connectivity index (χ0) is 15.2. The third-order valence-electron chi connectivity index (χ3n) is 5.55. The van der Waals surface area contributed by atoms with E-state index in [2.05, 4.69) is 43.4 Å². The van der Waals surface area contributed by atoms with Gasteiger partial charge < -0.3 is 15.2 Å². The SMILES string of the molecule is Cc1cc2c(n1CC1CCN(C)CC1)CC(C)(C)CC2N. The maximum absolute atomic E-state index is 6.44. The van der Waals surface area contributed by atoms with E-state index in [1.165, 1.54) is 55.8 Å². The number of aromatic nitrogens is 1. The number of aryl methyl sites for hydroxylation is 1. The van der Waals surface area contributed by atoms with Crippen LogP contribution in [-0.4, -0.2) is 29.6 Å². The highest BCUT2D eigenvalue weighted by Gasteiger charge is 2.33. The summed E-state index contributed by atoms with van der Waals surface area (Å²) >= 11 is 0. The molecule has 21 heavy (non-hydrogen) atoms. The van der Waals surface area contributed by atoms with Gasteiger partial charge in [-0.2, -0.15) is 0 Å². The third kappa shape index (κ3) is 3.04. The van der Waals surface area contributed by atoms with E-state index >= 15 is 0 Å². The summed E-state index contributed by atoms with van der Waals surface area (Å²) in [6.45, 7) is 10.7. The predicted molar refractivity (Wildman–Crippen MR) is 88.4 cm³/mol. The van der Waals surface area contributed by atoms with Crippen LogP contribution in [0, 0.1) is 18.3 Å². The molecule has 1 aromatic heterocycles. The molecule has 1 unspecified atom stereocenters. The summed E-state index contributed by atoms with van der Waals surface area (Å²) in [7, 11) is 2.24. The third-order valence-corrected chi connectivity index (χ3v) is 5.55. The molecule has 0 spiro atoms. The molecule has 1 aliphatic heterocycles. The van der Waals surface area contributed by atoms with Crippen LogP contribution in [0.15, 0.2) is 6.07 Å². The molecule has 3 rings (SSSR count). The Bertz CT molecular complexity index is 507. The Hall–Kier alpha value is -0.800. The molecule has 1 fully saturated rings. The van der Waals surface area contributed by atoms with Gasteiger partial charge in [0.1, 0.15) is 0 Å². The zero-order valence-corrected chi connectivity index (χ0v) is 14.2. The first kappa shape index (κ1) is 15.1. The van der Waals surface area contributed by atoms with E-state index in [0.29, 0.717) is 5.41 Å². The number of hydrogen-bond donors (Lipinski definition) is 1. The molecule has 0 saturated carbocycles. The minimum absolute atomic E-state index is 0.223. The Morgan fingerprint density at radius 2 is 1.95 bits per heavy atom. The van der Waals surface area contributed by atoms with E-state index in [9.17, 15) is 0 Å². The molecule has 0 radical (unpaired) electrons. The van der Waals surface area contributed by atoms with Crippen molar-refractivity contribution in [2.45, 2.75) is 59.0 Å². The monoisotopic (exact) mass is 289 g/mol. The van der Waals surface area contributed by atoms with Gasteiger partial charge >= 0.3 is 0 Å². The van der Waals surface area contributed by atoms with E-state index in [0.717, 1.165) is 12.3 Å². The molecule has 118 valence electrons. The molecular formula is C18H31N3. The van der Waals surface area contributed by atoms with Crippen LogP contribution in [0.5, 0.6) is 0 Å². The van der Waals surface area contributed by atoms with Crippen LogP contribution in [0.4, 0.5) is 0 Å². The first-order chi connectivity index (χ1) is 9.85. The standard InChI is InChI=1S/C18H31N3/c1-13-9-15-16(19)10-18(2,3)11-17(15)21(13)12-14-5-7-20(4)8-6-14/h9,14,16H,5-8,10-12,19H2,1-4H3. The lowest BCUT2D eigenvalue weighted by atomic mass is 9.74. The van der Waals surface area contributed by atoms with Gasteiger partial charge in [0, 0.05) is 24.0 Å². The van der Waals surface area contributed by atoms with Crippen molar-refractivity contribution in [3.8, 4) is 0 Å². The zero-order valence-electron chi connectivity index (χ0n) is 14.2. The predicted octanol–water partition coefficient (Wildman–Crippen LogP) is 3.11. The molecule has 1 atom stereocenters. The minimum Gasteiger partial charge on any atom is -0.348 e. The van der Waals surface area contributed by atoms with Crippen LogP contribution < -0.4 is 5.73 Å². The van der Waals surface area contributed by atoms with Gasteiger partial charge in [-0.15, -0.1) is 0 Å². The number of fused-ring (bicyclic) bond motifs is 1. The molecule has 2 N–H and O–H groups in total. The molecule has 2 heterocycles. The second-order valence-corrected chi connectivity index (χ2v) is 8.20. The molecule has 3 heteroatoms. The Morgan fingerprint density at radius 3 is 2.62 bits per heavy atom. The van der Waals surface area contributed by atoms with Gasteiger partial charge in [-0.05, 0) is 75.7 Å². The fourth-order valence-electron chi connectivity index (χ4n) is 4.26. The van der Waals surface area contributed by atoms with Crippen LogP contribution in [0.2, 0.25) is 0 Å². The molecular weight excluding hydrogens is 258 g/mol. The van der Waals surface area contributed by atoms with E-state index < -0.39 is 0 Å². The molecule has 1 saturated heterocycles. The Kier molecular flexibility index (Phi) is 3.91. The molecule has 1 aromatic rings. The number of nitrogens with two attached hydrogens (primary N) is 1. The van der Waals surface area contributed by atoms with Gasteiger partial charge in [-0.25, -0.2) is 0 Å². The lowest BCUT2D eigenvalue weighted by molar-refractivity contribution is 0.201. The summed E-state index contributed by atoms with van der Waals surface area (Å²) in [5.41, 5.74) is 11.1. The number of rotatable bonds is 2. The van der Waals surface area contributed by atoms with E-state index in [-0.39, 0.29) is 6.04 Å². The summed E-state index contributed by atoms with van der Waals surface area (Å²) in [5, 5.41) is 0. The van der Waals surface area contributed by atoms with Crippen molar-refractivity contribution in [2.24, 2.45) is 17.1 Å². The Labute approximate surface area is 129 Å². The van der Waals surface area contributed by atoms with Crippen molar-refractivity contribution in [2.75, 3.05) is 20.1 Å². The van der Waals surface area contributed by atoms with Crippen molar-refractivity contribution in [3.05, 3.63) is 23.0 Å². The smallest absolute Gasteiger partial charge is 0.0318 e. The van der Waals surface area contributed by atoms with E-state index in [4.69, 9.17) is 5.73 Å². The number of nitrogens with zero attached hydrogens (tertiary/aromatic N) is 2. The highest BCUT2D eigenvalue weighted by Crippen LogP contribution is 2.41. The van der Waals surface area contributed by atoms with Crippen molar-refractivity contribution in [1.29, 1.82) is 0 Å². The van der Waals surface area contributed by atoms with Crippen LogP contribution in [0.1, 0.15) is 56.1 Å². The molecule has 0 aromatic carbocycles. The highest BCUT2D eigenvalue weighted by atomic mass is 15.1. The highest BCUT2D eigenvalue weighted by molar-refractivity contribution is 5.34. The Morgan fingerprint density at radius 1 is 1.29 bits per heavy atom. The van der Waals surface area contributed by atoms with Gasteiger partial charge in [0.15, 0.2) is 0 Å². The summed E-state index contributed by atoms with van der Waals surface area (Å²) in [6.07, 6.45) is 4.95. The van der Waals surface area contributed by atoms with Crippen molar-refractivity contribution < 1.29 is 0 Å². The Balaban J connectivity index is 1.83. The fourth-order valence-corrected chi connectivity index (χ4v) is 4.26.